The molecule has 6 nitrogen and oxygen atoms in total. The van der Waals surface area contributed by atoms with Crippen LogP contribution in [-0.4, -0.2) is 33.5 Å². The summed E-state index contributed by atoms with van der Waals surface area (Å²) in [6.45, 7) is 17.0. The maximum absolute atomic E-state index is 4.24. The number of hydrogen-bond donors (Lipinski definition) is 0. The number of pyridine rings is 2. The van der Waals surface area contributed by atoms with Gasteiger partial charge < -0.3 is 20.4 Å². The Bertz CT molecular complexity index is 1550. The normalized spacial score (nSPS) is 10.7. The maximum Gasteiger partial charge on any atom is 2.00 e. The molecule has 0 amide bonds. The molecular formula is C38H47N6OsP2+. The first-order chi connectivity index (χ1) is 22.0. The molecule has 0 radical (unpaired) electrons. The summed E-state index contributed by atoms with van der Waals surface area (Å²) < 4.78 is 0. The van der Waals surface area contributed by atoms with Crippen LogP contribution in [0.1, 0.15) is 52.9 Å². The first-order valence-corrected chi connectivity index (χ1v) is 18.5. The van der Waals surface area contributed by atoms with Crippen molar-refractivity contribution in [2.75, 3.05) is 13.3 Å². The Morgan fingerprint density at radius 3 is 1.15 bits per heavy atom. The Hall–Kier alpha value is -3.34. The van der Waals surface area contributed by atoms with E-state index in [0.717, 1.165) is 34.2 Å². The number of aromatic nitrogens is 6. The smallest absolute Gasteiger partial charge is 0.573 e. The van der Waals surface area contributed by atoms with Crippen LogP contribution in [0.25, 0.3) is 22.8 Å². The number of hydrogen-bond acceptors (Lipinski definition) is 4. The average Bonchev–Trinajstić information content (AvgIpc) is 3.80. The Morgan fingerprint density at radius 1 is 0.532 bits per heavy atom. The molecule has 4 aromatic heterocycles. The zero-order chi connectivity index (χ0) is 33.6. The van der Waals surface area contributed by atoms with Crippen LogP contribution in [0.5, 0.6) is 0 Å². The number of rotatable bonds is 4. The van der Waals surface area contributed by atoms with E-state index >= 15 is 0 Å². The van der Waals surface area contributed by atoms with E-state index in [1.54, 1.807) is 12.4 Å². The fourth-order valence-electron chi connectivity index (χ4n) is 4.14. The third-order valence-electron chi connectivity index (χ3n) is 6.88. The molecule has 0 aliphatic heterocycles. The molecule has 0 saturated carbocycles. The summed E-state index contributed by atoms with van der Waals surface area (Å²) >= 11 is 0. The van der Waals surface area contributed by atoms with Crippen molar-refractivity contribution in [2.24, 2.45) is 0 Å². The minimum Gasteiger partial charge on any atom is -0.573 e. The van der Waals surface area contributed by atoms with Gasteiger partial charge in [-0.3, -0.25) is 9.97 Å². The quantitative estimate of drug-likeness (QED) is 0.169. The summed E-state index contributed by atoms with van der Waals surface area (Å²) in [7, 11) is 1.87. The van der Waals surface area contributed by atoms with Crippen molar-refractivity contribution in [3.05, 3.63) is 133 Å². The summed E-state index contributed by atoms with van der Waals surface area (Å²) in [5.41, 5.74) is 5.54. The zero-order valence-electron chi connectivity index (χ0n) is 28.7. The maximum atomic E-state index is 4.24. The number of nitrogens with zero attached hydrogens (tertiary/aromatic N) is 6. The molecule has 0 bridgehead atoms. The molecule has 2 aromatic carbocycles. The molecule has 6 rings (SSSR count). The van der Waals surface area contributed by atoms with E-state index in [2.05, 4.69) is 148 Å². The molecule has 246 valence electrons. The van der Waals surface area contributed by atoms with Gasteiger partial charge in [0.05, 0.1) is 25.2 Å². The first-order valence-electron chi connectivity index (χ1n) is 15.4. The minimum atomic E-state index is -0.545. The van der Waals surface area contributed by atoms with Crippen LogP contribution in [0, 0.1) is 0 Å². The fourth-order valence-corrected chi connectivity index (χ4v) is 5.86. The van der Waals surface area contributed by atoms with Gasteiger partial charge in [0.1, 0.15) is 0 Å². The monoisotopic (exact) mass is 841 g/mol. The molecular weight excluding hydrogens is 793 g/mol. The van der Waals surface area contributed by atoms with Crippen molar-refractivity contribution in [1.82, 2.24) is 30.4 Å². The van der Waals surface area contributed by atoms with Crippen LogP contribution in [0.15, 0.2) is 122 Å². The van der Waals surface area contributed by atoms with E-state index < -0.39 is 7.92 Å². The Labute approximate surface area is 298 Å². The predicted octanol–water partition coefficient (Wildman–Crippen LogP) is 7.77. The van der Waals surface area contributed by atoms with E-state index in [-0.39, 0.29) is 30.6 Å². The Balaban J connectivity index is 0.000000236. The van der Waals surface area contributed by atoms with Crippen LogP contribution in [0.2, 0.25) is 0 Å². The molecule has 9 heteroatoms. The summed E-state index contributed by atoms with van der Waals surface area (Å²) in [4.78, 5) is 8.48. The second-order valence-electron chi connectivity index (χ2n) is 12.5. The average molecular weight is 840 g/mol. The molecule has 47 heavy (non-hydrogen) atoms. The van der Waals surface area contributed by atoms with E-state index in [4.69, 9.17) is 0 Å². The molecule has 4 heterocycles. The molecule has 1 unspecified atom stereocenters. The third-order valence-corrected chi connectivity index (χ3v) is 9.28. The van der Waals surface area contributed by atoms with Gasteiger partial charge in [0.25, 0.3) is 0 Å². The molecule has 0 aliphatic carbocycles. The van der Waals surface area contributed by atoms with E-state index in [1.807, 2.05) is 55.2 Å². The van der Waals surface area contributed by atoms with E-state index in [9.17, 15) is 0 Å². The van der Waals surface area contributed by atoms with Crippen LogP contribution in [0.3, 0.4) is 0 Å². The van der Waals surface area contributed by atoms with Crippen molar-refractivity contribution >= 4 is 27.8 Å². The van der Waals surface area contributed by atoms with Crippen molar-refractivity contribution in [3.8, 4) is 22.8 Å². The van der Waals surface area contributed by atoms with Gasteiger partial charge in [0, 0.05) is 46.0 Å². The van der Waals surface area contributed by atoms with Crippen LogP contribution >= 0.6 is 17.2 Å². The standard InChI is InChI=1S/C13H13P.2C12H14N3.CH5P.Os/c1-14(12-8-4-2-5-9-12)13-10-6-3-7-11-13;2*1-12(2,3)11-8-10(14-15-11)9-6-4-5-7-13-9;1-2;/h2-11H,1H3;2*4-8H,1-3H3;2H2,1H3;/q;2*-1;;+2/p+1. The van der Waals surface area contributed by atoms with Crippen molar-refractivity contribution in [2.45, 2.75) is 52.4 Å². The van der Waals surface area contributed by atoms with Gasteiger partial charge in [-0.25, -0.2) is 0 Å². The molecule has 0 spiro atoms. The van der Waals surface area contributed by atoms with Gasteiger partial charge in [0.15, 0.2) is 0 Å². The van der Waals surface area contributed by atoms with Crippen LogP contribution in [-0.2, 0) is 30.6 Å². The number of benzene rings is 2. The topological polar surface area (TPSA) is 79.8 Å². The Kier molecular flexibility index (Phi) is 16.5. The van der Waals surface area contributed by atoms with Gasteiger partial charge in [0.2, 0.25) is 0 Å². The largest absolute Gasteiger partial charge is 2.00 e. The summed E-state index contributed by atoms with van der Waals surface area (Å²) in [6, 6.07) is 37.1. The van der Waals surface area contributed by atoms with Crippen molar-refractivity contribution < 1.29 is 19.8 Å². The molecule has 0 saturated heterocycles. The molecule has 6 aromatic rings. The molecule has 0 N–H and O–H groups in total. The zero-order valence-corrected chi connectivity index (χ0v) is 33.4. The third kappa shape index (κ3) is 12.7. The summed E-state index contributed by atoms with van der Waals surface area (Å²) in [6.07, 6.45) is 3.53. The van der Waals surface area contributed by atoms with E-state index in [1.165, 1.54) is 10.6 Å². The second kappa shape index (κ2) is 19.5. The van der Waals surface area contributed by atoms with Gasteiger partial charge in [-0.1, -0.05) is 120 Å². The molecule has 1 atom stereocenters. The Morgan fingerprint density at radius 2 is 0.872 bits per heavy atom. The van der Waals surface area contributed by atoms with Gasteiger partial charge in [-0.2, -0.15) is 0 Å². The van der Waals surface area contributed by atoms with Crippen molar-refractivity contribution in [3.63, 3.8) is 0 Å². The van der Waals surface area contributed by atoms with Crippen LogP contribution in [0.4, 0.5) is 0 Å². The van der Waals surface area contributed by atoms with Gasteiger partial charge in [-0.05, 0) is 48.5 Å². The van der Waals surface area contributed by atoms with Crippen LogP contribution < -0.4 is 20.8 Å². The molecule has 0 aliphatic rings. The second-order valence-corrected chi connectivity index (χ2v) is 14.9. The van der Waals surface area contributed by atoms with E-state index in [0.29, 0.717) is 0 Å². The SMILES string of the molecule is CC(C)(C)c1cc(-c2ccccn2)[n-]n1.CC(C)(C)c1cc(-c2ccccn2)[n-]n1.CP.C[PH+](c1ccccc1)c1ccccc1.[Os+2]. The summed E-state index contributed by atoms with van der Waals surface area (Å²) in [5, 5.41) is 19.6. The summed E-state index contributed by atoms with van der Waals surface area (Å²) in [5.74, 6) is 0. The fraction of sp³-hybridized carbons (Fsp3) is 0.263. The van der Waals surface area contributed by atoms with Gasteiger partial charge >= 0.3 is 19.8 Å². The van der Waals surface area contributed by atoms with Crippen molar-refractivity contribution in [1.29, 1.82) is 0 Å². The van der Waals surface area contributed by atoms with Gasteiger partial charge in [-0.15, -0.1) is 9.24 Å². The molecule has 0 fully saturated rings. The minimum absolute atomic E-state index is 0. The predicted molar refractivity (Wildman–Crippen MR) is 201 cm³/mol. The first kappa shape index (κ1) is 39.8.